The molecule has 0 aromatic carbocycles. The van der Waals surface area contributed by atoms with Crippen LogP contribution in [0, 0.1) is 17.9 Å². The molecule has 0 spiro atoms. The summed E-state index contributed by atoms with van der Waals surface area (Å²) in [6.07, 6.45) is 6.28. The van der Waals surface area contributed by atoms with Gasteiger partial charge in [-0.1, -0.05) is 13.8 Å². The van der Waals surface area contributed by atoms with E-state index in [-0.39, 0.29) is 5.54 Å². The lowest BCUT2D eigenvalue weighted by Gasteiger charge is -2.40. The zero-order valence-electron chi connectivity index (χ0n) is 8.06. The molecule has 3 aliphatic carbocycles. The molecule has 0 aromatic heterocycles. The zero-order chi connectivity index (χ0) is 8.82. The second-order valence-corrected chi connectivity index (χ2v) is 5.29. The molecule has 3 aliphatic rings. The van der Waals surface area contributed by atoms with Gasteiger partial charge in [-0.15, -0.1) is 0 Å². The van der Waals surface area contributed by atoms with Crippen molar-refractivity contribution in [2.75, 3.05) is 0 Å². The van der Waals surface area contributed by atoms with Gasteiger partial charge in [0.15, 0.2) is 0 Å². The number of nitrogens with zero attached hydrogens (tertiary/aromatic N) is 1. The molecule has 0 aromatic rings. The van der Waals surface area contributed by atoms with E-state index in [1.54, 1.807) is 0 Å². The Bertz CT molecular complexity index is 228. The molecule has 0 saturated heterocycles. The van der Waals surface area contributed by atoms with E-state index in [1.165, 1.54) is 32.1 Å². The first kappa shape index (κ1) is 8.10. The predicted octanol–water partition coefficient (Wildman–Crippen LogP) is 3.26. The van der Waals surface area contributed by atoms with E-state index >= 15 is 0 Å². The van der Waals surface area contributed by atoms with E-state index < -0.39 is 0 Å². The molecule has 0 radical (unpaired) electrons. The Kier molecular flexibility index (Phi) is 1.52. The van der Waals surface area contributed by atoms with Crippen molar-refractivity contribution in [3.05, 3.63) is 11.4 Å². The third kappa shape index (κ3) is 0.975. The van der Waals surface area contributed by atoms with Crippen LogP contribution in [0.4, 0.5) is 0 Å². The topological polar surface area (TPSA) is 4.36 Å². The monoisotopic (exact) mass is 163 g/mol. The van der Waals surface area contributed by atoms with E-state index in [4.69, 9.17) is 6.57 Å². The normalized spacial score (nSPS) is 44.2. The van der Waals surface area contributed by atoms with Crippen molar-refractivity contribution in [2.45, 2.75) is 51.5 Å². The minimum atomic E-state index is 0.120. The highest BCUT2D eigenvalue weighted by Gasteiger charge is 2.65. The van der Waals surface area contributed by atoms with Gasteiger partial charge in [-0.3, -0.25) is 0 Å². The fourth-order valence-electron chi connectivity index (χ4n) is 3.44. The van der Waals surface area contributed by atoms with Gasteiger partial charge in [0.25, 0.3) is 0 Å². The molecule has 0 aliphatic heterocycles. The predicted molar refractivity (Wildman–Crippen MR) is 49.7 cm³/mol. The van der Waals surface area contributed by atoms with Crippen LogP contribution in [-0.2, 0) is 0 Å². The summed E-state index contributed by atoms with van der Waals surface area (Å²) in [5.74, 6) is 0.812. The Morgan fingerprint density at radius 1 is 1.33 bits per heavy atom. The summed E-state index contributed by atoms with van der Waals surface area (Å²) in [6.45, 7) is 11.7. The Hall–Kier alpha value is -0.510. The first-order chi connectivity index (χ1) is 5.60. The molecule has 3 saturated carbocycles. The second kappa shape index (κ2) is 2.25. The maximum Gasteiger partial charge on any atom is 0.233 e. The Balaban J connectivity index is 2.01. The van der Waals surface area contributed by atoms with Gasteiger partial charge in [0.2, 0.25) is 5.54 Å². The molecule has 12 heavy (non-hydrogen) atoms. The van der Waals surface area contributed by atoms with Crippen molar-refractivity contribution >= 4 is 0 Å². The molecule has 3 fully saturated rings. The molecule has 0 atom stereocenters. The summed E-state index contributed by atoms with van der Waals surface area (Å²) in [6, 6.07) is 0. The summed E-state index contributed by atoms with van der Waals surface area (Å²) in [4.78, 5) is 3.79. The summed E-state index contributed by atoms with van der Waals surface area (Å²) in [5.41, 5.74) is 0.730. The maximum atomic E-state index is 7.13. The van der Waals surface area contributed by atoms with Crippen LogP contribution >= 0.6 is 0 Å². The summed E-state index contributed by atoms with van der Waals surface area (Å²) >= 11 is 0. The van der Waals surface area contributed by atoms with Crippen molar-refractivity contribution in [1.82, 2.24) is 0 Å². The highest BCUT2D eigenvalue weighted by atomic mass is 14.9. The SMILES string of the molecule is [C-]#[N+]C12CCC(CC(C)C)(C1)C2. The summed E-state index contributed by atoms with van der Waals surface area (Å²) in [7, 11) is 0. The fourth-order valence-corrected chi connectivity index (χ4v) is 3.44. The minimum Gasteiger partial charge on any atom is -0.310 e. The minimum absolute atomic E-state index is 0.120. The zero-order valence-corrected chi connectivity index (χ0v) is 8.06. The molecular weight excluding hydrogens is 146 g/mol. The summed E-state index contributed by atoms with van der Waals surface area (Å²) in [5, 5.41) is 0. The van der Waals surface area contributed by atoms with E-state index in [1.807, 2.05) is 0 Å². The molecule has 1 nitrogen and oxygen atoms in total. The van der Waals surface area contributed by atoms with Gasteiger partial charge in [0, 0.05) is 19.3 Å². The van der Waals surface area contributed by atoms with Gasteiger partial charge in [-0.2, -0.15) is 0 Å². The quantitative estimate of drug-likeness (QED) is 0.550. The highest BCUT2D eigenvalue weighted by molar-refractivity contribution is 5.21. The molecular formula is C11H17N. The van der Waals surface area contributed by atoms with Gasteiger partial charge >= 0.3 is 0 Å². The number of rotatable bonds is 2. The molecule has 0 heterocycles. The molecule has 66 valence electrons. The standard InChI is InChI=1S/C11H17N/c1-9(2)6-10-4-5-11(7-10,8-10)12-3/h9H,4-8H2,1-2H3. The van der Waals surface area contributed by atoms with E-state index in [0.29, 0.717) is 5.41 Å². The maximum absolute atomic E-state index is 7.13. The molecule has 1 heteroatoms. The van der Waals surface area contributed by atoms with Gasteiger partial charge in [0.05, 0.1) is 0 Å². The molecule has 0 amide bonds. The van der Waals surface area contributed by atoms with E-state index in [2.05, 4.69) is 18.7 Å². The second-order valence-electron chi connectivity index (χ2n) is 5.29. The van der Waals surface area contributed by atoms with Crippen LogP contribution in [0.1, 0.15) is 46.0 Å². The third-order valence-electron chi connectivity index (χ3n) is 3.61. The Morgan fingerprint density at radius 2 is 2.00 bits per heavy atom. The van der Waals surface area contributed by atoms with Crippen LogP contribution in [0.5, 0.6) is 0 Å². The lowest BCUT2D eigenvalue weighted by Crippen LogP contribution is -2.41. The average molecular weight is 163 g/mol. The van der Waals surface area contributed by atoms with Crippen molar-refractivity contribution in [1.29, 1.82) is 0 Å². The van der Waals surface area contributed by atoms with Crippen LogP contribution in [0.3, 0.4) is 0 Å². The van der Waals surface area contributed by atoms with E-state index in [9.17, 15) is 0 Å². The molecule has 0 unspecified atom stereocenters. The first-order valence-electron chi connectivity index (χ1n) is 4.99. The largest absolute Gasteiger partial charge is 0.310 e. The fraction of sp³-hybridized carbons (Fsp3) is 0.909. The van der Waals surface area contributed by atoms with Gasteiger partial charge in [-0.25, -0.2) is 6.57 Å². The number of hydrogen-bond donors (Lipinski definition) is 0. The van der Waals surface area contributed by atoms with E-state index in [0.717, 1.165) is 5.92 Å². The van der Waals surface area contributed by atoms with Crippen molar-refractivity contribution in [2.24, 2.45) is 11.3 Å². The van der Waals surface area contributed by atoms with Gasteiger partial charge in [-0.05, 0) is 24.2 Å². The smallest absolute Gasteiger partial charge is 0.233 e. The van der Waals surface area contributed by atoms with Gasteiger partial charge < -0.3 is 4.85 Å². The van der Waals surface area contributed by atoms with Crippen molar-refractivity contribution < 1.29 is 0 Å². The molecule has 3 rings (SSSR count). The lowest BCUT2D eigenvalue weighted by molar-refractivity contribution is 0.110. The Labute approximate surface area is 75.0 Å². The van der Waals surface area contributed by atoms with Crippen LogP contribution in [0.2, 0.25) is 0 Å². The van der Waals surface area contributed by atoms with Crippen LogP contribution in [0.15, 0.2) is 0 Å². The average Bonchev–Trinajstić information content (AvgIpc) is 2.40. The van der Waals surface area contributed by atoms with Crippen LogP contribution in [-0.4, -0.2) is 5.54 Å². The number of hydrogen-bond acceptors (Lipinski definition) is 0. The number of fused-ring (bicyclic) bond motifs is 1. The van der Waals surface area contributed by atoms with Crippen molar-refractivity contribution in [3.63, 3.8) is 0 Å². The third-order valence-corrected chi connectivity index (χ3v) is 3.61. The summed E-state index contributed by atoms with van der Waals surface area (Å²) < 4.78 is 0. The lowest BCUT2D eigenvalue weighted by atomic mass is 9.62. The highest BCUT2D eigenvalue weighted by Crippen LogP contribution is 2.65. The Morgan fingerprint density at radius 3 is 2.42 bits per heavy atom. The van der Waals surface area contributed by atoms with Crippen molar-refractivity contribution in [3.8, 4) is 0 Å². The molecule has 0 N–H and O–H groups in total. The molecule has 2 bridgehead atoms. The van der Waals surface area contributed by atoms with Gasteiger partial charge in [0.1, 0.15) is 0 Å². The van der Waals surface area contributed by atoms with Crippen LogP contribution < -0.4 is 0 Å². The van der Waals surface area contributed by atoms with Crippen LogP contribution in [0.25, 0.3) is 4.85 Å². The first-order valence-corrected chi connectivity index (χ1v) is 4.99.